The monoisotopic (exact) mass is 295 g/mol. The third-order valence-electron chi connectivity index (χ3n) is 2.43. The molecular formula is C12H11BrFN3. The molecule has 0 aliphatic carbocycles. The molecule has 1 atom stereocenters. The molecule has 0 spiro atoms. The Morgan fingerprint density at radius 1 is 1.24 bits per heavy atom. The van der Waals surface area contributed by atoms with Gasteiger partial charge in [-0.3, -0.25) is 10.8 Å². The predicted octanol–water partition coefficient (Wildman–Crippen LogP) is 2.54. The van der Waals surface area contributed by atoms with Gasteiger partial charge in [0.2, 0.25) is 0 Å². The average molecular weight is 296 g/mol. The van der Waals surface area contributed by atoms with Gasteiger partial charge in [-0.1, -0.05) is 12.1 Å². The summed E-state index contributed by atoms with van der Waals surface area (Å²) in [6, 6.07) is 9.60. The highest BCUT2D eigenvalue weighted by atomic mass is 79.9. The van der Waals surface area contributed by atoms with E-state index in [4.69, 9.17) is 5.84 Å². The van der Waals surface area contributed by atoms with Crippen molar-refractivity contribution < 1.29 is 4.39 Å². The Morgan fingerprint density at radius 3 is 2.53 bits per heavy atom. The molecule has 0 aliphatic heterocycles. The second-order valence-corrected chi connectivity index (χ2v) is 4.38. The van der Waals surface area contributed by atoms with Gasteiger partial charge < -0.3 is 0 Å². The molecule has 2 aromatic rings. The predicted molar refractivity (Wildman–Crippen MR) is 67.5 cm³/mol. The van der Waals surface area contributed by atoms with Gasteiger partial charge in [0.05, 0.1) is 11.7 Å². The first-order valence-corrected chi connectivity index (χ1v) is 5.83. The van der Waals surface area contributed by atoms with Crippen LogP contribution in [0.4, 0.5) is 4.39 Å². The zero-order chi connectivity index (χ0) is 12.3. The third-order valence-corrected chi connectivity index (χ3v) is 3.10. The minimum absolute atomic E-state index is 0.272. The van der Waals surface area contributed by atoms with Gasteiger partial charge in [0, 0.05) is 10.7 Å². The van der Waals surface area contributed by atoms with E-state index in [1.165, 1.54) is 12.1 Å². The maximum Gasteiger partial charge on any atom is 0.123 e. The van der Waals surface area contributed by atoms with Crippen molar-refractivity contribution in [1.29, 1.82) is 0 Å². The van der Waals surface area contributed by atoms with Crippen LogP contribution in [0.5, 0.6) is 0 Å². The minimum atomic E-state index is -0.274. The number of nitrogens with zero attached hydrogens (tertiary/aromatic N) is 1. The van der Waals surface area contributed by atoms with Crippen molar-refractivity contribution in [2.75, 3.05) is 0 Å². The van der Waals surface area contributed by atoms with E-state index in [-0.39, 0.29) is 11.9 Å². The third kappa shape index (κ3) is 2.69. The summed E-state index contributed by atoms with van der Waals surface area (Å²) in [6.07, 6.45) is 1.69. The van der Waals surface area contributed by atoms with Crippen LogP contribution in [0.3, 0.4) is 0 Å². The van der Waals surface area contributed by atoms with E-state index < -0.39 is 0 Å². The van der Waals surface area contributed by atoms with Gasteiger partial charge in [-0.2, -0.15) is 0 Å². The van der Waals surface area contributed by atoms with E-state index in [0.717, 1.165) is 15.7 Å². The van der Waals surface area contributed by atoms with Crippen LogP contribution in [-0.4, -0.2) is 4.98 Å². The molecule has 1 heterocycles. The Balaban J connectivity index is 2.40. The summed E-state index contributed by atoms with van der Waals surface area (Å²) in [7, 11) is 0. The van der Waals surface area contributed by atoms with E-state index in [0.29, 0.717) is 0 Å². The van der Waals surface area contributed by atoms with Crippen molar-refractivity contribution in [2.24, 2.45) is 5.84 Å². The number of nitrogens with one attached hydrogen (secondary N) is 1. The molecule has 1 aromatic carbocycles. The van der Waals surface area contributed by atoms with Gasteiger partial charge in [0.1, 0.15) is 5.82 Å². The zero-order valence-corrected chi connectivity index (χ0v) is 10.5. The van der Waals surface area contributed by atoms with E-state index in [9.17, 15) is 4.39 Å². The van der Waals surface area contributed by atoms with Crippen molar-refractivity contribution in [3.8, 4) is 0 Å². The molecular weight excluding hydrogens is 285 g/mol. The van der Waals surface area contributed by atoms with Crippen molar-refractivity contribution in [3.63, 3.8) is 0 Å². The molecule has 0 fully saturated rings. The number of hydrogen-bond acceptors (Lipinski definition) is 3. The van der Waals surface area contributed by atoms with Crippen LogP contribution in [0.25, 0.3) is 0 Å². The molecule has 0 aliphatic rings. The fourth-order valence-corrected chi connectivity index (χ4v) is 2.08. The number of nitrogens with two attached hydrogens (primary N) is 1. The number of aromatic nitrogens is 1. The highest BCUT2D eigenvalue weighted by Crippen LogP contribution is 2.25. The van der Waals surface area contributed by atoms with Crippen LogP contribution >= 0.6 is 15.9 Å². The molecule has 5 heteroatoms. The number of benzene rings is 1. The van der Waals surface area contributed by atoms with E-state index >= 15 is 0 Å². The SMILES string of the molecule is NNC(c1ccc(F)cc1)c1ncccc1Br. The van der Waals surface area contributed by atoms with Crippen LogP contribution in [0, 0.1) is 5.82 Å². The molecule has 2 rings (SSSR count). The van der Waals surface area contributed by atoms with Crippen LogP contribution < -0.4 is 11.3 Å². The largest absolute Gasteiger partial charge is 0.271 e. The molecule has 0 bridgehead atoms. The number of hydrazine groups is 1. The number of rotatable bonds is 3. The van der Waals surface area contributed by atoms with Crippen LogP contribution in [-0.2, 0) is 0 Å². The Morgan fingerprint density at radius 2 is 1.94 bits per heavy atom. The number of halogens is 2. The van der Waals surface area contributed by atoms with Crippen LogP contribution in [0.15, 0.2) is 47.1 Å². The highest BCUT2D eigenvalue weighted by Gasteiger charge is 2.16. The molecule has 1 unspecified atom stereocenters. The van der Waals surface area contributed by atoms with E-state index in [1.54, 1.807) is 18.3 Å². The summed E-state index contributed by atoms with van der Waals surface area (Å²) in [6.45, 7) is 0. The first kappa shape index (κ1) is 12.2. The molecule has 0 saturated carbocycles. The van der Waals surface area contributed by atoms with Gasteiger partial charge in [-0.15, -0.1) is 0 Å². The highest BCUT2D eigenvalue weighted by molar-refractivity contribution is 9.10. The van der Waals surface area contributed by atoms with E-state index in [2.05, 4.69) is 26.3 Å². The Hall–Kier alpha value is -1.30. The molecule has 3 N–H and O–H groups in total. The lowest BCUT2D eigenvalue weighted by Gasteiger charge is -2.16. The molecule has 0 radical (unpaired) electrons. The average Bonchev–Trinajstić information content (AvgIpc) is 2.35. The minimum Gasteiger partial charge on any atom is -0.271 e. The quantitative estimate of drug-likeness (QED) is 0.676. The van der Waals surface area contributed by atoms with Gasteiger partial charge in [0.15, 0.2) is 0 Å². The molecule has 88 valence electrons. The summed E-state index contributed by atoms with van der Waals surface area (Å²) in [5, 5.41) is 0. The first-order valence-electron chi connectivity index (χ1n) is 5.04. The van der Waals surface area contributed by atoms with Gasteiger partial charge in [-0.05, 0) is 45.8 Å². The van der Waals surface area contributed by atoms with E-state index in [1.807, 2.05) is 12.1 Å². The van der Waals surface area contributed by atoms with Crippen LogP contribution in [0.2, 0.25) is 0 Å². The maximum absolute atomic E-state index is 12.9. The lowest BCUT2D eigenvalue weighted by molar-refractivity contribution is 0.606. The van der Waals surface area contributed by atoms with Crippen LogP contribution in [0.1, 0.15) is 17.3 Å². The fraction of sp³-hybridized carbons (Fsp3) is 0.0833. The van der Waals surface area contributed by atoms with Gasteiger partial charge >= 0.3 is 0 Å². The molecule has 0 amide bonds. The van der Waals surface area contributed by atoms with Crippen molar-refractivity contribution in [1.82, 2.24) is 10.4 Å². The lowest BCUT2D eigenvalue weighted by Crippen LogP contribution is -2.29. The Bertz CT molecular complexity index is 501. The van der Waals surface area contributed by atoms with Gasteiger partial charge in [0.25, 0.3) is 0 Å². The maximum atomic E-state index is 12.9. The van der Waals surface area contributed by atoms with Crippen molar-refractivity contribution in [3.05, 3.63) is 64.1 Å². The number of pyridine rings is 1. The van der Waals surface area contributed by atoms with Gasteiger partial charge in [-0.25, -0.2) is 9.82 Å². The summed E-state index contributed by atoms with van der Waals surface area (Å²) in [5.74, 6) is 5.27. The normalized spacial score (nSPS) is 12.4. The topological polar surface area (TPSA) is 50.9 Å². The lowest BCUT2D eigenvalue weighted by atomic mass is 10.0. The Labute approximate surface area is 107 Å². The van der Waals surface area contributed by atoms with Crippen molar-refractivity contribution >= 4 is 15.9 Å². The molecule has 3 nitrogen and oxygen atoms in total. The summed E-state index contributed by atoms with van der Waals surface area (Å²) in [4.78, 5) is 4.27. The second-order valence-electron chi connectivity index (χ2n) is 3.52. The first-order chi connectivity index (χ1) is 8.22. The molecule has 1 aromatic heterocycles. The summed E-state index contributed by atoms with van der Waals surface area (Å²) >= 11 is 3.42. The molecule has 0 saturated heterocycles. The zero-order valence-electron chi connectivity index (χ0n) is 8.90. The van der Waals surface area contributed by atoms with Crippen molar-refractivity contribution in [2.45, 2.75) is 6.04 Å². The summed E-state index contributed by atoms with van der Waals surface area (Å²) in [5.41, 5.74) is 4.30. The summed E-state index contributed by atoms with van der Waals surface area (Å²) < 4.78 is 13.7. The molecule has 17 heavy (non-hydrogen) atoms. The fourth-order valence-electron chi connectivity index (χ4n) is 1.60. The smallest absolute Gasteiger partial charge is 0.123 e. The standard InChI is InChI=1S/C12H11BrFN3/c13-10-2-1-7-16-12(10)11(17-15)8-3-5-9(14)6-4-8/h1-7,11,17H,15H2. The second kappa shape index (κ2) is 5.35. The number of hydrogen-bond donors (Lipinski definition) is 2. The Kier molecular flexibility index (Phi) is 3.83.